The minimum absolute atomic E-state index is 0.180. The molecule has 7 heteroatoms. The number of benzene rings is 1. The van der Waals surface area contributed by atoms with Crippen LogP contribution >= 0.6 is 15.9 Å². The quantitative estimate of drug-likeness (QED) is 0.862. The number of aromatic nitrogens is 2. The van der Waals surface area contributed by atoms with E-state index in [0.717, 1.165) is 10.0 Å². The summed E-state index contributed by atoms with van der Waals surface area (Å²) >= 11 is 3.45. The third-order valence-electron chi connectivity index (χ3n) is 3.40. The van der Waals surface area contributed by atoms with Crippen LogP contribution in [-0.4, -0.2) is 40.0 Å². The molecule has 108 valence electrons. The third kappa shape index (κ3) is 2.56. The molecule has 1 saturated heterocycles. The van der Waals surface area contributed by atoms with Gasteiger partial charge < -0.3 is 10.2 Å². The van der Waals surface area contributed by atoms with Crippen LogP contribution in [0.25, 0.3) is 0 Å². The molecule has 0 radical (unpaired) electrons. The van der Waals surface area contributed by atoms with E-state index < -0.39 is 6.04 Å². The van der Waals surface area contributed by atoms with E-state index in [-0.39, 0.29) is 11.8 Å². The first-order chi connectivity index (χ1) is 10.2. The van der Waals surface area contributed by atoms with Crippen LogP contribution in [0.2, 0.25) is 0 Å². The number of nitrogens with zero attached hydrogens (tertiary/aromatic N) is 2. The molecule has 2 heterocycles. The minimum atomic E-state index is -0.648. The van der Waals surface area contributed by atoms with Crippen LogP contribution in [0.1, 0.15) is 22.1 Å². The maximum Gasteiger partial charge on any atom is 0.272 e. The van der Waals surface area contributed by atoms with Crippen molar-refractivity contribution in [3.63, 3.8) is 0 Å². The van der Waals surface area contributed by atoms with Crippen LogP contribution in [-0.2, 0) is 4.79 Å². The zero-order chi connectivity index (χ0) is 14.8. The zero-order valence-corrected chi connectivity index (χ0v) is 12.6. The van der Waals surface area contributed by atoms with Crippen molar-refractivity contribution in [2.45, 2.75) is 6.04 Å². The summed E-state index contributed by atoms with van der Waals surface area (Å²) in [6, 6.07) is 8.37. The fourth-order valence-electron chi connectivity index (χ4n) is 2.42. The molecule has 0 aliphatic carbocycles. The Morgan fingerprint density at radius 1 is 1.33 bits per heavy atom. The Hall–Kier alpha value is -2.15. The van der Waals surface area contributed by atoms with Gasteiger partial charge in [0.05, 0.1) is 0 Å². The van der Waals surface area contributed by atoms with Gasteiger partial charge in [0.2, 0.25) is 5.91 Å². The van der Waals surface area contributed by atoms with Crippen molar-refractivity contribution in [3.8, 4) is 0 Å². The maximum atomic E-state index is 12.6. The van der Waals surface area contributed by atoms with Crippen LogP contribution < -0.4 is 5.32 Å². The second-order valence-corrected chi connectivity index (χ2v) is 5.54. The predicted molar refractivity (Wildman–Crippen MR) is 79.5 cm³/mol. The zero-order valence-electron chi connectivity index (χ0n) is 11.0. The average molecular weight is 349 g/mol. The van der Waals surface area contributed by atoms with Crippen LogP contribution in [0.3, 0.4) is 0 Å². The minimum Gasteiger partial charge on any atom is -0.352 e. The molecule has 0 spiro atoms. The summed E-state index contributed by atoms with van der Waals surface area (Å²) in [5.41, 5.74) is 1.14. The van der Waals surface area contributed by atoms with Crippen molar-refractivity contribution in [2.24, 2.45) is 0 Å². The van der Waals surface area contributed by atoms with Crippen LogP contribution in [0.5, 0.6) is 0 Å². The lowest BCUT2D eigenvalue weighted by Gasteiger charge is -2.35. The molecule has 2 amide bonds. The molecule has 0 bridgehead atoms. The number of hydrogen-bond donors (Lipinski definition) is 2. The number of aromatic amines is 1. The van der Waals surface area contributed by atoms with Gasteiger partial charge in [-0.2, -0.15) is 5.10 Å². The van der Waals surface area contributed by atoms with Crippen LogP contribution in [0, 0.1) is 0 Å². The van der Waals surface area contributed by atoms with E-state index in [1.165, 1.54) is 6.20 Å². The van der Waals surface area contributed by atoms with Gasteiger partial charge in [0.1, 0.15) is 11.7 Å². The van der Waals surface area contributed by atoms with Crippen LogP contribution in [0.4, 0.5) is 0 Å². The van der Waals surface area contributed by atoms with Gasteiger partial charge in [-0.25, -0.2) is 0 Å². The number of hydrogen-bond acceptors (Lipinski definition) is 3. The van der Waals surface area contributed by atoms with Crippen molar-refractivity contribution in [2.75, 3.05) is 13.1 Å². The van der Waals surface area contributed by atoms with Gasteiger partial charge in [-0.15, -0.1) is 0 Å². The second kappa shape index (κ2) is 5.69. The standard InChI is InChI=1S/C14H13BrN4O2/c15-10-4-2-1-3-9(10)12-13(20)16-7-8-19(12)14(21)11-5-6-17-18-11/h1-6,12H,7-8H2,(H,16,20)(H,17,18). The highest BCUT2D eigenvalue weighted by molar-refractivity contribution is 9.10. The molecular formula is C14H13BrN4O2. The molecule has 1 unspecified atom stereocenters. The first-order valence-electron chi connectivity index (χ1n) is 6.51. The van der Waals surface area contributed by atoms with E-state index in [9.17, 15) is 9.59 Å². The normalized spacial score (nSPS) is 18.4. The van der Waals surface area contributed by atoms with Crippen molar-refractivity contribution in [1.29, 1.82) is 0 Å². The number of H-pyrrole nitrogens is 1. The van der Waals surface area contributed by atoms with E-state index in [2.05, 4.69) is 31.4 Å². The number of halogens is 1. The first-order valence-corrected chi connectivity index (χ1v) is 7.30. The molecular weight excluding hydrogens is 336 g/mol. The monoisotopic (exact) mass is 348 g/mol. The molecule has 1 atom stereocenters. The Balaban J connectivity index is 1.99. The number of nitrogens with one attached hydrogen (secondary N) is 2. The van der Waals surface area contributed by atoms with Crippen molar-refractivity contribution in [3.05, 3.63) is 52.3 Å². The van der Waals surface area contributed by atoms with Crippen molar-refractivity contribution >= 4 is 27.7 Å². The molecule has 1 aliphatic heterocycles. The van der Waals surface area contributed by atoms with Gasteiger partial charge >= 0.3 is 0 Å². The molecule has 0 saturated carbocycles. The van der Waals surface area contributed by atoms with Crippen molar-refractivity contribution < 1.29 is 9.59 Å². The lowest BCUT2D eigenvalue weighted by Crippen LogP contribution is -2.52. The predicted octanol–water partition coefficient (Wildman–Crippen LogP) is 1.49. The average Bonchev–Trinajstić information content (AvgIpc) is 3.01. The number of amides is 2. The number of carbonyl (C=O) groups excluding carboxylic acids is 2. The summed E-state index contributed by atoms with van der Waals surface area (Å²) in [5.74, 6) is -0.413. The van der Waals surface area contributed by atoms with Gasteiger partial charge in [0, 0.05) is 23.8 Å². The van der Waals surface area contributed by atoms with E-state index in [0.29, 0.717) is 18.8 Å². The largest absolute Gasteiger partial charge is 0.352 e. The Labute approximate surface area is 129 Å². The van der Waals surface area contributed by atoms with E-state index in [4.69, 9.17) is 0 Å². The summed E-state index contributed by atoms with van der Waals surface area (Å²) in [6.45, 7) is 0.898. The molecule has 6 nitrogen and oxygen atoms in total. The van der Waals surface area contributed by atoms with E-state index in [1.807, 2.05) is 24.3 Å². The summed E-state index contributed by atoms with van der Waals surface area (Å²) < 4.78 is 0.800. The third-order valence-corrected chi connectivity index (χ3v) is 4.13. The summed E-state index contributed by atoms with van der Waals surface area (Å²) in [5, 5.41) is 9.25. The highest BCUT2D eigenvalue weighted by atomic mass is 79.9. The van der Waals surface area contributed by atoms with Gasteiger partial charge in [-0.3, -0.25) is 14.7 Å². The van der Waals surface area contributed by atoms with Crippen LogP contribution in [0.15, 0.2) is 41.0 Å². The molecule has 1 fully saturated rings. The number of piperazine rings is 1. The maximum absolute atomic E-state index is 12.6. The Bertz CT molecular complexity index is 671. The molecule has 1 aromatic heterocycles. The van der Waals surface area contributed by atoms with Gasteiger partial charge in [-0.1, -0.05) is 34.1 Å². The van der Waals surface area contributed by atoms with Crippen molar-refractivity contribution in [1.82, 2.24) is 20.4 Å². The first kappa shape index (κ1) is 13.8. The summed E-state index contributed by atoms with van der Waals surface area (Å²) in [4.78, 5) is 26.4. The highest BCUT2D eigenvalue weighted by Crippen LogP contribution is 2.30. The molecule has 21 heavy (non-hydrogen) atoms. The highest BCUT2D eigenvalue weighted by Gasteiger charge is 2.36. The lowest BCUT2D eigenvalue weighted by molar-refractivity contribution is -0.128. The number of rotatable bonds is 2. The smallest absolute Gasteiger partial charge is 0.272 e. The molecule has 2 N–H and O–H groups in total. The second-order valence-electron chi connectivity index (χ2n) is 4.68. The lowest BCUT2D eigenvalue weighted by atomic mass is 10.0. The fraction of sp³-hybridized carbons (Fsp3) is 0.214. The van der Waals surface area contributed by atoms with E-state index >= 15 is 0 Å². The van der Waals surface area contributed by atoms with E-state index in [1.54, 1.807) is 11.0 Å². The Morgan fingerprint density at radius 3 is 2.86 bits per heavy atom. The SMILES string of the molecule is O=C1NCCN(C(=O)c2ccn[nH]2)C1c1ccccc1Br. The molecule has 2 aromatic rings. The number of carbonyl (C=O) groups is 2. The molecule has 1 aromatic carbocycles. The molecule has 3 rings (SSSR count). The topological polar surface area (TPSA) is 78.1 Å². The summed E-state index contributed by atoms with van der Waals surface area (Å²) in [6.07, 6.45) is 1.52. The molecule has 1 aliphatic rings. The van der Waals surface area contributed by atoms with Gasteiger partial charge in [0.15, 0.2) is 0 Å². The van der Waals surface area contributed by atoms with Gasteiger partial charge in [-0.05, 0) is 17.7 Å². The fourth-order valence-corrected chi connectivity index (χ4v) is 2.92. The summed E-state index contributed by atoms with van der Waals surface area (Å²) in [7, 11) is 0. The Kier molecular flexibility index (Phi) is 3.74. The van der Waals surface area contributed by atoms with Gasteiger partial charge in [0.25, 0.3) is 5.91 Å². The Morgan fingerprint density at radius 2 is 2.14 bits per heavy atom.